The first-order valence-corrected chi connectivity index (χ1v) is 12.6. The van der Waals surface area contributed by atoms with E-state index in [1.807, 2.05) is 55.5 Å². The number of nitrogens with one attached hydrogen (secondary N) is 2. The van der Waals surface area contributed by atoms with Crippen molar-refractivity contribution in [2.45, 2.75) is 6.92 Å². The fraction of sp³-hybridized carbons (Fsp3) is 0.267. The Morgan fingerprint density at radius 2 is 1.92 bits per heavy atom. The summed E-state index contributed by atoms with van der Waals surface area (Å²) in [4.78, 5) is 22.3. The molecule has 3 aromatic rings. The van der Waals surface area contributed by atoms with Crippen molar-refractivity contribution in [1.29, 1.82) is 5.41 Å². The summed E-state index contributed by atoms with van der Waals surface area (Å²) < 4.78 is 10.5. The Morgan fingerprint density at radius 1 is 1.18 bits per heavy atom. The molecule has 39 heavy (non-hydrogen) atoms. The van der Waals surface area contributed by atoms with Gasteiger partial charge < -0.3 is 30.8 Å². The van der Waals surface area contributed by atoms with E-state index in [1.165, 1.54) is 13.3 Å². The summed E-state index contributed by atoms with van der Waals surface area (Å²) in [6, 6.07) is 15.0. The summed E-state index contributed by atoms with van der Waals surface area (Å²) in [6.07, 6.45) is 7.32. The van der Waals surface area contributed by atoms with Crippen LogP contribution in [0, 0.1) is 5.41 Å². The highest BCUT2D eigenvalue weighted by Gasteiger charge is 2.11. The van der Waals surface area contributed by atoms with Crippen LogP contribution < -0.4 is 15.8 Å². The van der Waals surface area contributed by atoms with Crippen LogP contribution in [0.4, 0.5) is 5.82 Å². The number of nitrogens with zero attached hydrogens (tertiary/aromatic N) is 3. The van der Waals surface area contributed by atoms with Crippen LogP contribution in [0.2, 0.25) is 0 Å². The molecular formula is C30H38N6O3. The molecule has 1 fully saturated rings. The number of allylic oxidation sites excluding steroid dienone is 4. The number of anilines is 1. The van der Waals surface area contributed by atoms with Gasteiger partial charge in [-0.1, -0.05) is 36.9 Å². The second-order valence-corrected chi connectivity index (χ2v) is 8.20. The minimum Gasteiger partial charge on any atom is -0.486 e. The predicted octanol–water partition coefficient (Wildman–Crippen LogP) is 4.48. The molecule has 206 valence electrons. The maximum Gasteiger partial charge on any atom is 0.162 e. The van der Waals surface area contributed by atoms with Crippen molar-refractivity contribution in [3.05, 3.63) is 84.6 Å². The molecule has 0 bridgehead atoms. The second kappa shape index (κ2) is 17.4. The molecule has 2 aromatic carbocycles. The number of carbonyl (C=O) groups excluding carboxylic acids is 1. The number of para-hydroxylation sites is 1. The maximum atomic E-state index is 10.6. The van der Waals surface area contributed by atoms with E-state index >= 15 is 0 Å². The number of likely N-dealkylation sites (N-methyl/N-ethyl adjacent to an activating group) is 1. The van der Waals surface area contributed by atoms with Crippen LogP contribution in [0.5, 0.6) is 5.75 Å². The molecule has 1 saturated heterocycles. The molecule has 4 rings (SSSR count). The number of hydrogen-bond acceptors (Lipinski definition) is 9. The number of nitrogens with two attached hydrogens (primary N) is 1. The smallest absolute Gasteiger partial charge is 0.162 e. The second-order valence-electron chi connectivity index (χ2n) is 8.20. The number of fused-ring (bicyclic) bond motifs is 1. The van der Waals surface area contributed by atoms with Crippen LogP contribution >= 0.6 is 0 Å². The summed E-state index contributed by atoms with van der Waals surface area (Å²) in [6.45, 7) is 9.74. The van der Waals surface area contributed by atoms with Gasteiger partial charge >= 0.3 is 0 Å². The highest BCUT2D eigenvalue weighted by molar-refractivity contribution is 5.91. The maximum absolute atomic E-state index is 10.6. The highest BCUT2D eigenvalue weighted by atomic mass is 16.5. The third-order valence-electron chi connectivity index (χ3n) is 5.55. The molecule has 9 nitrogen and oxygen atoms in total. The van der Waals surface area contributed by atoms with Gasteiger partial charge in [-0.3, -0.25) is 4.79 Å². The quantitative estimate of drug-likeness (QED) is 0.210. The zero-order valence-electron chi connectivity index (χ0n) is 22.9. The number of aromatic nitrogens is 2. The fourth-order valence-corrected chi connectivity index (χ4v) is 3.48. The molecule has 2 heterocycles. The summed E-state index contributed by atoms with van der Waals surface area (Å²) in [5, 5.41) is 11.7. The molecular weight excluding hydrogens is 492 g/mol. The molecule has 1 aliphatic rings. The third-order valence-corrected chi connectivity index (χ3v) is 5.55. The van der Waals surface area contributed by atoms with Gasteiger partial charge in [0.05, 0.1) is 18.7 Å². The van der Waals surface area contributed by atoms with Gasteiger partial charge in [-0.15, -0.1) is 0 Å². The van der Waals surface area contributed by atoms with Gasteiger partial charge in [0.1, 0.15) is 18.2 Å². The Balaban J connectivity index is 0.000000507. The lowest BCUT2D eigenvalue weighted by Gasteiger charge is -2.21. The summed E-state index contributed by atoms with van der Waals surface area (Å²) in [5.74, 6) is 1.72. The summed E-state index contributed by atoms with van der Waals surface area (Å²) >= 11 is 0. The zero-order valence-corrected chi connectivity index (χ0v) is 22.9. The first-order valence-electron chi connectivity index (χ1n) is 12.6. The number of carbonyl (C=O) groups is 1. The molecule has 9 heteroatoms. The van der Waals surface area contributed by atoms with Gasteiger partial charge in [-0.2, -0.15) is 0 Å². The van der Waals surface area contributed by atoms with Gasteiger partial charge in [-0.25, -0.2) is 9.97 Å². The van der Waals surface area contributed by atoms with Crippen LogP contribution in [0.3, 0.4) is 0 Å². The number of hydrogen-bond donors (Lipinski definition) is 3. The minimum absolute atomic E-state index is 0.0113. The topological polar surface area (TPSA) is 126 Å². The van der Waals surface area contributed by atoms with E-state index in [0.29, 0.717) is 29.4 Å². The normalized spacial score (nSPS) is 13.7. The predicted molar refractivity (Wildman–Crippen MR) is 159 cm³/mol. The first-order chi connectivity index (χ1) is 19.1. The zero-order chi connectivity index (χ0) is 28.5. The number of morpholine rings is 1. The average Bonchev–Trinajstić information content (AvgIpc) is 3.00. The lowest BCUT2D eigenvalue weighted by atomic mass is 10.1. The number of aldehydes is 1. The van der Waals surface area contributed by atoms with Crippen molar-refractivity contribution in [3.63, 3.8) is 0 Å². The van der Waals surface area contributed by atoms with Crippen molar-refractivity contribution in [3.8, 4) is 17.1 Å². The molecule has 0 unspecified atom stereocenters. The Hall–Kier alpha value is -4.18. The largest absolute Gasteiger partial charge is 0.486 e. The van der Waals surface area contributed by atoms with Gasteiger partial charge in [-0.05, 0) is 63.0 Å². The molecule has 4 N–H and O–H groups in total. The standard InChI is InChI=1S/C24H22N4O2.C5H11NO.CH5N/c1-3-17(16-25)14-19(4-2)26-24-21-10-5-6-11-22(21)27-23(28-24)18-8-7-9-20(15-18)30-13-12-29;1-6-2-4-7-5-3-6;1-2/h3-12,14-16,25H,2,13H2,1H3,(H,26,27,28);2-5H2,1H3;2H2,1H3/b17-3+,19-14+,25-16?;;. The minimum atomic E-state index is -0.0113. The van der Waals surface area contributed by atoms with Crippen LogP contribution in [0.15, 0.2) is 84.6 Å². The van der Waals surface area contributed by atoms with Crippen LogP contribution in [-0.4, -0.2) is 74.4 Å². The van der Waals surface area contributed by atoms with Gasteiger partial charge in [0.25, 0.3) is 0 Å². The molecule has 0 saturated carbocycles. The number of rotatable bonds is 9. The summed E-state index contributed by atoms with van der Waals surface area (Å²) in [7, 11) is 3.61. The first kappa shape index (κ1) is 31.0. The van der Waals surface area contributed by atoms with E-state index in [2.05, 4.69) is 34.6 Å². The number of ether oxygens (including phenoxy) is 2. The Kier molecular flexibility index (Phi) is 13.8. The Morgan fingerprint density at radius 3 is 2.54 bits per heavy atom. The Labute approximate surface area is 230 Å². The van der Waals surface area contributed by atoms with Crippen molar-refractivity contribution < 1.29 is 14.3 Å². The lowest BCUT2D eigenvalue weighted by Crippen LogP contribution is -2.32. The van der Waals surface area contributed by atoms with E-state index in [1.54, 1.807) is 18.2 Å². The van der Waals surface area contributed by atoms with Crippen LogP contribution in [-0.2, 0) is 9.53 Å². The highest BCUT2D eigenvalue weighted by Crippen LogP contribution is 2.28. The van der Waals surface area contributed by atoms with E-state index in [4.69, 9.17) is 19.9 Å². The molecule has 1 aliphatic heterocycles. The van der Waals surface area contributed by atoms with Crippen molar-refractivity contribution in [1.82, 2.24) is 14.9 Å². The fourth-order valence-electron chi connectivity index (χ4n) is 3.48. The van der Waals surface area contributed by atoms with Gasteiger partial charge in [0.2, 0.25) is 0 Å². The van der Waals surface area contributed by atoms with E-state index < -0.39 is 0 Å². The monoisotopic (exact) mass is 530 g/mol. The van der Waals surface area contributed by atoms with Crippen molar-refractivity contribution in [2.75, 3.05) is 52.3 Å². The Bertz CT molecular complexity index is 1280. The van der Waals surface area contributed by atoms with Crippen LogP contribution in [0.1, 0.15) is 6.92 Å². The van der Waals surface area contributed by atoms with E-state index in [-0.39, 0.29) is 6.61 Å². The van der Waals surface area contributed by atoms with E-state index in [9.17, 15) is 4.79 Å². The molecule has 1 aromatic heterocycles. The average molecular weight is 531 g/mol. The van der Waals surface area contributed by atoms with Gasteiger partial charge in [0.15, 0.2) is 12.1 Å². The third kappa shape index (κ3) is 9.90. The molecule has 0 aliphatic carbocycles. The molecule has 0 spiro atoms. The summed E-state index contributed by atoms with van der Waals surface area (Å²) in [5.41, 5.74) is 7.51. The molecule has 0 atom stereocenters. The van der Waals surface area contributed by atoms with E-state index in [0.717, 1.165) is 48.3 Å². The number of benzene rings is 2. The molecule has 0 amide bonds. The van der Waals surface area contributed by atoms with Crippen LogP contribution in [0.25, 0.3) is 22.3 Å². The van der Waals surface area contributed by atoms with Crippen molar-refractivity contribution >= 4 is 29.2 Å². The lowest BCUT2D eigenvalue weighted by molar-refractivity contribution is -0.109. The molecule has 0 radical (unpaired) electrons. The van der Waals surface area contributed by atoms with Gasteiger partial charge in [0, 0.05) is 36.0 Å². The SMILES string of the molecule is C=C/C(=C\C(C=N)=C/C)Nc1nc(-c2cccc(OCC=O)c2)nc2ccccc12.CN.CN1CCOCC1. The van der Waals surface area contributed by atoms with Crippen molar-refractivity contribution in [2.24, 2.45) is 5.73 Å².